The van der Waals surface area contributed by atoms with Crippen molar-refractivity contribution in [3.05, 3.63) is 70.3 Å². The standard InChI is InChI=1S/C18H18N2O4/c21-18(19-12-6-7-13-19)17(14-8-2-1-3-9-14)24-16-11-5-4-10-15(16)20(22)23/h1-5,8-11,17H,6-7,12-13H2/t17-/m1/s1. The van der Waals surface area contributed by atoms with Gasteiger partial charge in [0.2, 0.25) is 6.10 Å². The number of likely N-dealkylation sites (tertiary alicyclic amines) is 1. The fourth-order valence-electron chi connectivity index (χ4n) is 2.83. The summed E-state index contributed by atoms with van der Waals surface area (Å²) in [4.78, 5) is 25.3. The smallest absolute Gasteiger partial charge is 0.310 e. The molecule has 1 atom stereocenters. The average Bonchev–Trinajstić information content (AvgIpc) is 3.15. The molecule has 2 aromatic carbocycles. The fourth-order valence-corrected chi connectivity index (χ4v) is 2.83. The van der Waals surface area contributed by atoms with Crippen molar-refractivity contribution in [1.82, 2.24) is 4.90 Å². The summed E-state index contributed by atoms with van der Waals surface area (Å²) in [5.41, 5.74) is 0.542. The number of hydrogen-bond acceptors (Lipinski definition) is 4. The maximum atomic E-state index is 12.9. The molecule has 0 saturated carbocycles. The van der Waals surface area contributed by atoms with Gasteiger partial charge in [-0.25, -0.2) is 0 Å². The van der Waals surface area contributed by atoms with Crippen LogP contribution in [0.25, 0.3) is 0 Å². The maximum Gasteiger partial charge on any atom is 0.310 e. The largest absolute Gasteiger partial charge is 0.469 e. The van der Waals surface area contributed by atoms with Crippen LogP contribution in [0.3, 0.4) is 0 Å². The van der Waals surface area contributed by atoms with Crippen LogP contribution in [0, 0.1) is 10.1 Å². The van der Waals surface area contributed by atoms with E-state index in [0.29, 0.717) is 18.7 Å². The minimum atomic E-state index is -0.884. The number of hydrogen-bond donors (Lipinski definition) is 0. The van der Waals surface area contributed by atoms with E-state index in [4.69, 9.17) is 4.74 Å². The lowest BCUT2D eigenvalue weighted by molar-refractivity contribution is -0.386. The number of nitro groups is 1. The second-order valence-corrected chi connectivity index (χ2v) is 5.67. The van der Waals surface area contributed by atoms with E-state index in [2.05, 4.69) is 0 Å². The van der Waals surface area contributed by atoms with E-state index in [-0.39, 0.29) is 17.3 Å². The summed E-state index contributed by atoms with van der Waals surface area (Å²) >= 11 is 0. The normalized spacial score (nSPS) is 15.1. The number of para-hydroxylation sites is 2. The first-order valence-corrected chi connectivity index (χ1v) is 7.90. The predicted molar refractivity (Wildman–Crippen MR) is 88.7 cm³/mol. The molecule has 0 N–H and O–H groups in total. The lowest BCUT2D eigenvalue weighted by Gasteiger charge is -2.24. The van der Waals surface area contributed by atoms with Gasteiger partial charge < -0.3 is 9.64 Å². The van der Waals surface area contributed by atoms with Crippen LogP contribution in [-0.4, -0.2) is 28.8 Å². The summed E-state index contributed by atoms with van der Waals surface area (Å²) < 4.78 is 5.83. The van der Waals surface area contributed by atoms with Crippen molar-refractivity contribution in [2.75, 3.05) is 13.1 Å². The quantitative estimate of drug-likeness (QED) is 0.624. The Hall–Kier alpha value is -2.89. The van der Waals surface area contributed by atoms with Gasteiger partial charge in [0.05, 0.1) is 4.92 Å². The second-order valence-electron chi connectivity index (χ2n) is 5.67. The van der Waals surface area contributed by atoms with Crippen LogP contribution < -0.4 is 4.74 Å². The zero-order chi connectivity index (χ0) is 16.9. The van der Waals surface area contributed by atoms with E-state index in [1.54, 1.807) is 29.2 Å². The van der Waals surface area contributed by atoms with Crippen molar-refractivity contribution < 1.29 is 14.5 Å². The van der Waals surface area contributed by atoms with Crippen LogP contribution in [0.5, 0.6) is 5.75 Å². The number of nitro benzene ring substituents is 1. The van der Waals surface area contributed by atoms with E-state index in [9.17, 15) is 14.9 Å². The Morgan fingerprint density at radius 3 is 2.33 bits per heavy atom. The molecule has 1 aliphatic rings. The summed E-state index contributed by atoms with van der Waals surface area (Å²) in [6, 6.07) is 15.2. The van der Waals surface area contributed by atoms with Gasteiger partial charge in [0.1, 0.15) is 0 Å². The molecule has 0 spiro atoms. The summed E-state index contributed by atoms with van der Waals surface area (Å²) in [5.74, 6) is -0.0549. The van der Waals surface area contributed by atoms with Crippen molar-refractivity contribution in [3.8, 4) is 5.75 Å². The summed E-state index contributed by atoms with van der Waals surface area (Å²) in [5, 5.41) is 11.2. The molecule has 2 aromatic rings. The summed E-state index contributed by atoms with van der Waals surface area (Å²) in [6.07, 6.45) is 1.06. The Bertz CT molecular complexity index is 727. The summed E-state index contributed by atoms with van der Waals surface area (Å²) in [7, 11) is 0. The van der Waals surface area contributed by atoms with E-state index in [1.165, 1.54) is 12.1 Å². The van der Waals surface area contributed by atoms with Gasteiger partial charge in [-0.05, 0) is 18.9 Å². The molecule has 1 heterocycles. The zero-order valence-electron chi connectivity index (χ0n) is 13.1. The van der Waals surface area contributed by atoms with Crippen molar-refractivity contribution in [2.24, 2.45) is 0 Å². The molecule has 6 heteroatoms. The van der Waals surface area contributed by atoms with Crippen LogP contribution in [0.4, 0.5) is 5.69 Å². The van der Waals surface area contributed by atoms with Crippen LogP contribution in [0.15, 0.2) is 54.6 Å². The van der Waals surface area contributed by atoms with Crippen molar-refractivity contribution in [2.45, 2.75) is 18.9 Å². The van der Waals surface area contributed by atoms with Crippen molar-refractivity contribution in [3.63, 3.8) is 0 Å². The van der Waals surface area contributed by atoms with Gasteiger partial charge in [-0.3, -0.25) is 14.9 Å². The Kier molecular flexibility index (Phi) is 4.74. The maximum absolute atomic E-state index is 12.9. The Labute approximate surface area is 139 Å². The second kappa shape index (κ2) is 7.12. The molecule has 1 saturated heterocycles. The Balaban J connectivity index is 1.93. The van der Waals surface area contributed by atoms with E-state index < -0.39 is 11.0 Å². The highest BCUT2D eigenvalue weighted by Crippen LogP contribution is 2.32. The number of amides is 1. The monoisotopic (exact) mass is 326 g/mol. The van der Waals surface area contributed by atoms with Gasteiger partial charge in [-0.15, -0.1) is 0 Å². The molecule has 0 aliphatic carbocycles. The molecule has 1 fully saturated rings. The summed E-state index contributed by atoms with van der Waals surface area (Å²) in [6.45, 7) is 1.39. The van der Waals surface area contributed by atoms with Crippen LogP contribution in [0.2, 0.25) is 0 Å². The Morgan fingerprint density at radius 2 is 1.67 bits per heavy atom. The molecule has 0 radical (unpaired) electrons. The first-order chi connectivity index (χ1) is 11.7. The first kappa shape index (κ1) is 16.0. The molecule has 24 heavy (non-hydrogen) atoms. The molecular formula is C18H18N2O4. The minimum Gasteiger partial charge on any atom is -0.469 e. The third-order valence-electron chi connectivity index (χ3n) is 4.05. The third kappa shape index (κ3) is 3.37. The van der Waals surface area contributed by atoms with E-state index in [1.807, 2.05) is 18.2 Å². The fraction of sp³-hybridized carbons (Fsp3) is 0.278. The number of ether oxygens (including phenoxy) is 1. The highest BCUT2D eigenvalue weighted by molar-refractivity contribution is 5.83. The molecular weight excluding hydrogens is 308 g/mol. The SMILES string of the molecule is O=C([C@H](Oc1ccccc1[N+](=O)[O-])c1ccccc1)N1CCCC1. The predicted octanol–water partition coefficient (Wildman–Crippen LogP) is 3.34. The highest BCUT2D eigenvalue weighted by Gasteiger charge is 2.31. The average molecular weight is 326 g/mol. The number of carbonyl (C=O) groups excluding carboxylic acids is 1. The van der Waals surface area contributed by atoms with Crippen molar-refractivity contribution in [1.29, 1.82) is 0 Å². The molecule has 0 bridgehead atoms. The van der Waals surface area contributed by atoms with Gasteiger partial charge in [-0.1, -0.05) is 42.5 Å². The number of benzene rings is 2. The number of carbonyl (C=O) groups is 1. The Morgan fingerprint density at radius 1 is 1.04 bits per heavy atom. The highest BCUT2D eigenvalue weighted by atomic mass is 16.6. The van der Waals surface area contributed by atoms with E-state index >= 15 is 0 Å². The third-order valence-corrected chi connectivity index (χ3v) is 4.05. The first-order valence-electron chi connectivity index (χ1n) is 7.90. The minimum absolute atomic E-state index is 0.101. The molecule has 1 aliphatic heterocycles. The van der Waals surface area contributed by atoms with Crippen molar-refractivity contribution >= 4 is 11.6 Å². The van der Waals surface area contributed by atoms with Crippen LogP contribution in [-0.2, 0) is 4.79 Å². The molecule has 6 nitrogen and oxygen atoms in total. The molecule has 124 valence electrons. The van der Waals surface area contributed by atoms with Crippen LogP contribution in [0.1, 0.15) is 24.5 Å². The lowest BCUT2D eigenvalue weighted by Crippen LogP contribution is -2.35. The number of rotatable bonds is 5. The lowest BCUT2D eigenvalue weighted by atomic mass is 10.1. The molecule has 3 rings (SSSR count). The zero-order valence-corrected chi connectivity index (χ0v) is 13.1. The van der Waals surface area contributed by atoms with Crippen LogP contribution >= 0.6 is 0 Å². The number of nitrogens with zero attached hydrogens (tertiary/aromatic N) is 2. The van der Waals surface area contributed by atoms with Gasteiger partial charge in [-0.2, -0.15) is 0 Å². The van der Waals surface area contributed by atoms with E-state index in [0.717, 1.165) is 12.8 Å². The molecule has 0 aromatic heterocycles. The van der Waals surface area contributed by atoms with Gasteiger partial charge in [0.25, 0.3) is 5.91 Å². The van der Waals surface area contributed by atoms with Gasteiger partial charge in [0, 0.05) is 24.7 Å². The van der Waals surface area contributed by atoms with Gasteiger partial charge in [0.15, 0.2) is 5.75 Å². The van der Waals surface area contributed by atoms with Gasteiger partial charge >= 0.3 is 5.69 Å². The topological polar surface area (TPSA) is 72.7 Å². The molecule has 0 unspecified atom stereocenters. The molecule has 1 amide bonds.